The molecular weight excluding hydrogens is 281 g/mol. The van der Waals surface area contributed by atoms with Gasteiger partial charge >= 0.3 is 0 Å². The molecule has 0 saturated carbocycles. The van der Waals surface area contributed by atoms with Crippen LogP contribution in [0.1, 0.15) is 34.3 Å². The van der Waals surface area contributed by atoms with E-state index in [2.05, 4.69) is 5.32 Å². The SMILES string of the molecule is O=C(NCC1(O)CCCc2ccccc21)c1ccc(F)cc1. The van der Waals surface area contributed by atoms with E-state index >= 15 is 0 Å². The molecule has 0 radical (unpaired) electrons. The number of fused-ring (bicyclic) bond motifs is 1. The van der Waals surface area contributed by atoms with E-state index in [1.165, 1.54) is 24.3 Å². The Morgan fingerprint density at radius 3 is 2.68 bits per heavy atom. The van der Waals surface area contributed by atoms with Crippen LogP contribution in [0.3, 0.4) is 0 Å². The first-order valence-electron chi connectivity index (χ1n) is 7.43. The molecule has 3 nitrogen and oxygen atoms in total. The first-order chi connectivity index (χ1) is 10.6. The molecule has 2 aromatic carbocycles. The van der Waals surface area contributed by atoms with Crippen molar-refractivity contribution >= 4 is 5.91 Å². The van der Waals surface area contributed by atoms with Gasteiger partial charge in [0, 0.05) is 5.56 Å². The summed E-state index contributed by atoms with van der Waals surface area (Å²) in [5.41, 5.74) is 1.37. The van der Waals surface area contributed by atoms with Gasteiger partial charge < -0.3 is 10.4 Å². The van der Waals surface area contributed by atoms with Crippen molar-refractivity contribution in [2.45, 2.75) is 24.9 Å². The third-order valence-corrected chi connectivity index (χ3v) is 4.20. The maximum Gasteiger partial charge on any atom is 0.251 e. The second-order valence-electron chi connectivity index (χ2n) is 5.73. The number of carbonyl (C=O) groups excluding carboxylic acids is 1. The molecule has 1 amide bonds. The molecule has 3 rings (SSSR count). The van der Waals surface area contributed by atoms with Crippen LogP contribution in [0.25, 0.3) is 0 Å². The molecule has 0 heterocycles. The van der Waals surface area contributed by atoms with Crippen LogP contribution in [0, 0.1) is 5.82 Å². The topological polar surface area (TPSA) is 49.3 Å². The monoisotopic (exact) mass is 299 g/mol. The highest BCUT2D eigenvalue weighted by molar-refractivity contribution is 5.94. The molecule has 4 heteroatoms. The van der Waals surface area contributed by atoms with Crippen LogP contribution in [-0.4, -0.2) is 17.6 Å². The zero-order valence-electron chi connectivity index (χ0n) is 12.2. The van der Waals surface area contributed by atoms with Crippen LogP contribution < -0.4 is 5.32 Å². The van der Waals surface area contributed by atoms with Gasteiger partial charge in [0.15, 0.2) is 0 Å². The van der Waals surface area contributed by atoms with Crippen LogP contribution in [0.15, 0.2) is 48.5 Å². The highest BCUT2D eigenvalue weighted by atomic mass is 19.1. The van der Waals surface area contributed by atoms with E-state index in [-0.39, 0.29) is 18.3 Å². The number of hydrogen-bond donors (Lipinski definition) is 2. The molecule has 2 N–H and O–H groups in total. The van der Waals surface area contributed by atoms with Gasteiger partial charge in [-0.2, -0.15) is 0 Å². The fourth-order valence-electron chi connectivity index (χ4n) is 3.01. The van der Waals surface area contributed by atoms with Gasteiger partial charge in [-0.3, -0.25) is 4.79 Å². The lowest BCUT2D eigenvalue weighted by Gasteiger charge is -2.34. The van der Waals surface area contributed by atoms with Gasteiger partial charge in [-0.15, -0.1) is 0 Å². The Morgan fingerprint density at radius 2 is 1.91 bits per heavy atom. The van der Waals surface area contributed by atoms with Crippen molar-refractivity contribution in [2.75, 3.05) is 6.54 Å². The van der Waals surface area contributed by atoms with Crippen molar-refractivity contribution in [3.63, 3.8) is 0 Å². The van der Waals surface area contributed by atoms with Gasteiger partial charge in [0.2, 0.25) is 0 Å². The van der Waals surface area contributed by atoms with E-state index in [1.54, 1.807) is 0 Å². The van der Waals surface area contributed by atoms with E-state index in [1.807, 2.05) is 24.3 Å². The van der Waals surface area contributed by atoms with Crippen LogP contribution >= 0.6 is 0 Å². The lowest BCUT2D eigenvalue weighted by atomic mass is 9.79. The van der Waals surface area contributed by atoms with E-state index in [0.29, 0.717) is 12.0 Å². The molecule has 0 aliphatic heterocycles. The number of halogens is 1. The third-order valence-electron chi connectivity index (χ3n) is 4.20. The summed E-state index contributed by atoms with van der Waals surface area (Å²) < 4.78 is 12.9. The van der Waals surface area contributed by atoms with Gasteiger partial charge in [-0.05, 0) is 54.7 Å². The predicted molar refractivity (Wildman–Crippen MR) is 82.0 cm³/mol. The van der Waals surface area contributed by atoms with E-state index in [9.17, 15) is 14.3 Å². The molecule has 2 aromatic rings. The molecule has 0 bridgehead atoms. The molecule has 114 valence electrons. The third kappa shape index (κ3) is 2.88. The minimum absolute atomic E-state index is 0.153. The van der Waals surface area contributed by atoms with Gasteiger partial charge in [0.25, 0.3) is 5.91 Å². The molecule has 1 unspecified atom stereocenters. The Balaban J connectivity index is 1.73. The Morgan fingerprint density at radius 1 is 1.18 bits per heavy atom. The fourth-order valence-corrected chi connectivity index (χ4v) is 3.01. The first kappa shape index (κ1) is 14.7. The number of carbonyl (C=O) groups is 1. The maximum absolute atomic E-state index is 12.9. The van der Waals surface area contributed by atoms with Crippen molar-refractivity contribution < 1.29 is 14.3 Å². The number of amides is 1. The summed E-state index contributed by atoms with van der Waals surface area (Å²) in [4.78, 5) is 12.1. The fraction of sp³-hybridized carbons (Fsp3) is 0.278. The molecule has 1 aliphatic carbocycles. The average molecular weight is 299 g/mol. The Labute approximate surface area is 128 Å². The van der Waals surface area contributed by atoms with Gasteiger partial charge in [0.05, 0.1) is 6.54 Å². The molecular formula is C18H18FNO2. The second-order valence-corrected chi connectivity index (χ2v) is 5.73. The Kier molecular flexibility index (Phi) is 3.94. The maximum atomic E-state index is 12.9. The van der Waals surface area contributed by atoms with Crippen molar-refractivity contribution in [1.29, 1.82) is 0 Å². The molecule has 22 heavy (non-hydrogen) atoms. The van der Waals surface area contributed by atoms with Gasteiger partial charge in [-0.1, -0.05) is 24.3 Å². The van der Waals surface area contributed by atoms with Crippen LogP contribution in [0.5, 0.6) is 0 Å². The largest absolute Gasteiger partial charge is 0.383 e. The summed E-state index contributed by atoms with van der Waals surface area (Å²) in [5.74, 6) is -0.687. The predicted octanol–water partition coefficient (Wildman–Crippen LogP) is 2.78. The van der Waals surface area contributed by atoms with Crippen molar-refractivity contribution in [3.8, 4) is 0 Å². The molecule has 0 aromatic heterocycles. The number of benzene rings is 2. The summed E-state index contributed by atoms with van der Waals surface area (Å²) in [6.45, 7) is 0.153. The van der Waals surface area contributed by atoms with Gasteiger partial charge in [-0.25, -0.2) is 4.39 Å². The zero-order chi connectivity index (χ0) is 15.6. The minimum atomic E-state index is -1.04. The highest BCUT2D eigenvalue weighted by Gasteiger charge is 2.34. The van der Waals surface area contributed by atoms with Crippen molar-refractivity contribution in [2.24, 2.45) is 0 Å². The van der Waals surface area contributed by atoms with Crippen LogP contribution in [-0.2, 0) is 12.0 Å². The lowest BCUT2D eigenvalue weighted by molar-refractivity contribution is 0.0189. The molecule has 1 aliphatic rings. The number of nitrogens with one attached hydrogen (secondary N) is 1. The van der Waals surface area contributed by atoms with Gasteiger partial charge in [0.1, 0.15) is 11.4 Å². The first-order valence-corrected chi connectivity index (χ1v) is 7.43. The Hall–Kier alpha value is -2.20. The standard InChI is InChI=1S/C18H18FNO2/c19-15-9-7-14(8-10-15)17(21)20-12-18(22)11-3-5-13-4-1-2-6-16(13)18/h1-2,4,6-10,22H,3,5,11-12H2,(H,20,21). The molecule has 1 atom stereocenters. The minimum Gasteiger partial charge on any atom is -0.383 e. The van der Waals surface area contributed by atoms with Crippen molar-refractivity contribution in [3.05, 3.63) is 71.0 Å². The molecule has 0 fully saturated rings. The number of aliphatic hydroxyl groups is 1. The lowest BCUT2D eigenvalue weighted by Crippen LogP contribution is -2.43. The number of hydrogen-bond acceptors (Lipinski definition) is 2. The van der Waals surface area contributed by atoms with E-state index < -0.39 is 5.60 Å². The summed E-state index contributed by atoms with van der Waals surface area (Å²) >= 11 is 0. The van der Waals surface area contributed by atoms with Crippen LogP contribution in [0.4, 0.5) is 4.39 Å². The summed E-state index contributed by atoms with van der Waals surface area (Å²) in [6, 6.07) is 13.2. The smallest absolute Gasteiger partial charge is 0.251 e. The van der Waals surface area contributed by atoms with Crippen LogP contribution in [0.2, 0.25) is 0 Å². The second kappa shape index (κ2) is 5.89. The highest BCUT2D eigenvalue weighted by Crippen LogP contribution is 2.34. The quantitative estimate of drug-likeness (QED) is 0.915. The molecule has 0 saturated heterocycles. The molecule has 0 spiro atoms. The summed E-state index contributed by atoms with van der Waals surface area (Å²) in [7, 11) is 0. The normalized spacial score (nSPS) is 20.3. The zero-order valence-corrected chi connectivity index (χ0v) is 12.2. The number of aryl methyl sites for hydroxylation is 1. The van der Waals surface area contributed by atoms with E-state index in [4.69, 9.17) is 0 Å². The summed E-state index contributed by atoms with van der Waals surface area (Å²) in [6.07, 6.45) is 2.46. The number of rotatable bonds is 3. The average Bonchev–Trinajstić information content (AvgIpc) is 2.54. The van der Waals surface area contributed by atoms with Crippen molar-refractivity contribution in [1.82, 2.24) is 5.32 Å². The summed E-state index contributed by atoms with van der Waals surface area (Å²) in [5, 5.41) is 13.6. The Bertz CT molecular complexity index is 684. The van der Waals surface area contributed by atoms with E-state index in [0.717, 1.165) is 24.0 Å².